The molecule has 1 saturated heterocycles. The van der Waals surface area contributed by atoms with Gasteiger partial charge in [0.25, 0.3) is 0 Å². The van der Waals surface area contributed by atoms with Crippen LogP contribution < -0.4 is 4.74 Å². The predicted molar refractivity (Wildman–Crippen MR) is 122 cm³/mol. The number of unbranched alkanes of at least 4 members (excludes halogenated alkanes) is 2. The van der Waals surface area contributed by atoms with Crippen LogP contribution in [0.2, 0.25) is 0 Å². The van der Waals surface area contributed by atoms with E-state index in [1.807, 2.05) is 29.2 Å². The van der Waals surface area contributed by atoms with Crippen LogP contribution in [0.3, 0.4) is 0 Å². The lowest BCUT2D eigenvalue weighted by Crippen LogP contribution is -2.62. The number of hydrogen-bond acceptors (Lipinski definition) is 7. The first-order valence-corrected chi connectivity index (χ1v) is 11.2. The number of β-amino-alcohol motifs (C(OH)–C–C–N with tert-alkyl or cyclic N) is 1. The second kappa shape index (κ2) is 12.3. The van der Waals surface area contributed by atoms with Crippen LogP contribution in [-0.2, 0) is 11.3 Å². The van der Waals surface area contributed by atoms with E-state index < -0.39 is 24.4 Å². The van der Waals surface area contributed by atoms with Crippen molar-refractivity contribution in [2.75, 3.05) is 33.4 Å². The summed E-state index contributed by atoms with van der Waals surface area (Å²) in [4.78, 5) is 1.85. The van der Waals surface area contributed by atoms with Gasteiger partial charge >= 0.3 is 0 Å². The number of ether oxygens (including phenoxy) is 2. The molecule has 0 saturated carbocycles. The lowest BCUT2D eigenvalue weighted by atomic mass is 9.94. The van der Waals surface area contributed by atoms with Crippen LogP contribution in [0.25, 0.3) is 11.1 Å². The van der Waals surface area contributed by atoms with Gasteiger partial charge in [0.05, 0.1) is 32.5 Å². The summed E-state index contributed by atoms with van der Waals surface area (Å²) in [6.07, 6.45) is -0.612. The summed E-state index contributed by atoms with van der Waals surface area (Å²) in [5, 5.41) is 39.1. The van der Waals surface area contributed by atoms with Gasteiger partial charge < -0.3 is 29.9 Å². The Labute approximate surface area is 189 Å². The molecule has 0 bridgehead atoms. The second-order valence-corrected chi connectivity index (χ2v) is 8.33. The van der Waals surface area contributed by atoms with Gasteiger partial charge in [0.1, 0.15) is 18.0 Å². The molecule has 1 aliphatic rings. The maximum Gasteiger partial charge on any atom is 0.118 e. The molecule has 0 aromatic heterocycles. The maximum absolute atomic E-state index is 10.0. The van der Waals surface area contributed by atoms with E-state index in [2.05, 4.69) is 24.3 Å². The molecule has 2 aromatic carbocycles. The van der Waals surface area contributed by atoms with Gasteiger partial charge in [-0.2, -0.15) is 0 Å². The van der Waals surface area contributed by atoms with Crippen molar-refractivity contribution in [1.82, 2.24) is 4.90 Å². The smallest absolute Gasteiger partial charge is 0.118 e. The number of aliphatic hydroxyl groups is 4. The molecule has 3 rings (SSSR count). The number of hydrogen-bond donors (Lipinski definition) is 4. The first-order valence-electron chi connectivity index (χ1n) is 11.2. The molecule has 0 radical (unpaired) electrons. The van der Waals surface area contributed by atoms with Crippen LogP contribution in [-0.4, -0.2) is 83.1 Å². The van der Waals surface area contributed by atoms with Crippen LogP contribution in [0, 0.1) is 0 Å². The SMILES string of the molecule is COc1ccc(-c2ccc(COCCCCCN3C[C@H](O)C(O)[C@H](O)[C@H]3CO)cc2)cc1. The Morgan fingerprint density at radius 2 is 1.53 bits per heavy atom. The van der Waals surface area contributed by atoms with Gasteiger partial charge in [-0.05, 0) is 54.6 Å². The molecule has 7 nitrogen and oxygen atoms in total. The quantitative estimate of drug-likeness (QED) is 0.391. The van der Waals surface area contributed by atoms with E-state index in [-0.39, 0.29) is 13.2 Å². The Morgan fingerprint density at radius 3 is 2.16 bits per heavy atom. The zero-order valence-corrected chi connectivity index (χ0v) is 18.6. The minimum absolute atomic E-state index is 0.245. The van der Waals surface area contributed by atoms with E-state index >= 15 is 0 Å². The van der Waals surface area contributed by atoms with Crippen molar-refractivity contribution < 1.29 is 29.9 Å². The van der Waals surface area contributed by atoms with E-state index in [4.69, 9.17) is 9.47 Å². The van der Waals surface area contributed by atoms with Crippen LogP contribution in [0.1, 0.15) is 24.8 Å². The summed E-state index contributed by atoms with van der Waals surface area (Å²) in [7, 11) is 1.66. The van der Waals surface area contributed by atoms with E-state index in [1.54, 1.807) is 7.11 Å². The number of methoxy groups -OCH3 is 1. The summed E-state index contributed by atoms with van der Waals surface area (Å²) < 4.78 is 11.0. The number of nitrogens with zero attached hydrogens (tertiary/aromatic N) is 1. The summed E-state index contributed by atoms with van der Waals surface area (Å²) in [6.45, 7) is 1.89. The standard InChI is InChI=1S/C25H35NO6/c1-31-21-11-9-20(10-12-21)19-7-5-18(6-8-19)17-32-14-4-2-3-13-26-15-23(28)25(30)24(29)22(26)16-27/h5-12,22-25,27-30H,2-4,13-17H2,1H3/t22-,23+,24-,25?/m1/s1. The largest absolute Gasteiger partial charge is 0.497 e. The molecule has 7 heteroatoms. The molecular formula is C25H35NO6. The Kier molecular flexibility index (Phi) is 9.47. The van der Waals surface area contributed by atoms with E-state index in [0.717, 1.165) is 41.7 Å². The molecule has 0 aliphatic carbocycles. The van der Waals surface area contributed by atoms with Crippen molar-refractivity contribution in [2.24, 2.45) is 0 Å². The number of likely N-dealkylation sites (tertiary alicyclic amines) is 1. The molecule has 1 aliphatic heterocycles. The number of piperidine rings is 1. The van der Waals surface area contributed by atoms with Crippen LogP contribution in [0.15, 0.2) is 48.5 Å². The maximum atomic E-state index is 10.0. The summed E-state index contributed by atoms with van der Waals surface area (Å²) >= 11 is 0. The summed E-state index contributed by atoms with van der Waals surface area (Å²) in [6, 6.07) is 15.8. The lowest BCUT2D eigenvalue weighted by Gasteiger charge is -2.43. The van der Waals surface area contributed by atoms with Gasteiger partial charge in [0, 0.05) is 13.2 Å². The van der Waals surface area contributed by atoms with Gasteiger partial charge in [-0.3, -0.25) is 4.90 Å². The number of benzene rings is 2. The molecule has 1 fully saturated rings. The van der Waals surface area contributed by atoms with Crippen LogP contribution in [0.5, 0.6) is 5.75 Å². The average Bonchev–Trinajstić information content (AvgIpc) is 2.82. The van der Waals surface area contributed by atoms with Crippen molar-refractivity contribution in [3.8, 4) is 16.9 Å². The minimum atomic E-state index is -1.21. The molecule has 4 N–H and O–H groups in total. The Bertz CT molecular complexity index is 797. The number of rotatable bonds is 11. The highest BCUT2D eigenvalue weighted by Gasteiger charge is 2.40. The van der Waals surface area contributed by atoms with E-state index in [0.29, 0.717) is 19.8 Å². The molecular weight excluding hydrogens is 410 g/mol. The van der Waals surface area contributed by atoms with Crippen molar-refractivity contribution in [1.29, 1.82) is 0 Å². The predicted octanol–water partition coefficient (Wildman–Crippen LogP) is 1.81. The topological polar surface area (TPSA) is 103 Å². The zero-order chi connectivity index (χ0) is 22.9. The second-order valence-electron chi connectivity index (χ2n) is 8.33. The van der Waals surface area contributed by atoms with Crippen molar-refractivity contribution in [2.45, 2.75) is 50.2 Å². The highest BCUT2D eigenvalue weighted by atomic mass is 16.5. The van der Waals surface area contributed by atoms with Crippen molar-refractivity contribution in [3.05, 3.63) is 54.1 Å². The molecule has 32 heavy (non-hydrogen) atoms. The third-order valence-electron chi connectivity index (χ3n) is 6.10. The molecule has 0 spiro atoms. The number of aliphatic hydroxyl groups excluding tert-OH is 4. The summed E-state index contributed by atoms with van der Waals surface area (Å²) in [5.41, 5.74) is 3.42. The highest BCUT2D eigenvalue weighted by Crippen LogP contribution is 2.23. The Hall–Kier alpha value is -2.00. The highest BCUT2D eigenvalue weighted by molar-refractivity contribution is 5.64. The monoisotopic (exact) mass is 445 g/mol. The van der Waals surface area contributed by atoms with Crippen molar-refractivity contribution >= 4 is 0 Å². The normalized spacial score (nSPS) is 23.9. The fourth-order valence-electron chi connectivity index (χ4n) is 4.10. The van der Waals surface area contributed by atoms with Gasteiger partial charge in [-0.1, -0.05) is 36.4 Å². The fraction of sp³-hybridized carbons (Fsp3) is 0.520. The molecule has 4 atom stereocenters. The summed E-state index contributed by atoms with van der Waals surface area (Å²) in [5.74, 6) is 0.844. The zero-order valence-electron chi connectivity index (χ0n) is 18.6. The van der Waals surface area contributed by atoms with Crippen molar-refractivity contribution in [3.63, 3.8) is 0 Å². The Morgan fingerprint density at radius 1 is 0.875 bits per heavy atom. The van der Waals surface area contributed by atoms with Crippen LogP contribution in [0.4, 0.5) is 0 Å². The lowest BCUT2D eigenvalue weighted by molar-refractivity contribution is -0.145. The molecule has 1 heterocycles. The third-order valence-corrected chi connectivity index (χ3v) is 6.10. The van der Waals surface area contributed by atoms with Gasteiger partial charge in [0.2, 0.25) is 0 Å². The first kappa shape index (κ1) is 24.6. The molecule has 1 unspecified atom stereocenters. The molecule has 2 aromatic rings. The average molecular weight is 446 g/mol. The minimum Gasteiger partial charge on any atom is -0.497 e. The Balaban J connectivity index is 1.32. The van der Waals surface area contributed by atoms with Crippen LogP contribution >= 0.6 is 0 Å². The van der Waals surface area contributed by atoms with Gasteiger partial charge in [0.15, 0.2) is 0 Å². The fourth-order valence-corrected chi connectivity index (χ4v) is 4.10. The van der Waals surface area contributed by atoms with E-state index in [1.165, 1.54) is 0 Å². The van der Waals surface area contributed by atoms with E-state index in [9.17, 15) is 20.4 Å². The molecule has 0 amide bonds. The first-order chi connectivity index (χ1) is 15.5. The van der Waals surface area contributed by atoms with Gasteiger partial charge in [-0.15, -0.1) is 0 Å². The third kappa shape index (κ3) is 6.51. The van der Waals surface area contributed by atoms with Gasteiger partial charge in [-0.25, -0.2) is 0 Å². The molecule has 176 valence electrons.